The number of anilines is 2. The molecule has 2 fully saturated rings. The highest BCUT2D eigenvalue weighted by atomic mass is 32.2. The van der Waals surface area contributed by atoms with Crippen LogP contribution in [0, 0.1) is 0 Å². The van der Waals surface area contributed by atoms with Crippen molar-refractivity contribution in [1.29, 1.82) is 0 Å². The highest BCUT2D eigenvalue weighted by molar-refractivity contribution is 7.92. The predicted molar refractivity (Wildman–Crippen MR) is 121 cm³/mol. The number of benzene rings is 1. The van der Waals surface area contributed by atoms with Gasteiger partial charge in [0.1, 0.15) is 5.75 Å². The molecule has 0 bridgehead atoms. The summed E-state index contributed by atoms with van der Waals surface area (Å²) >= 11 is 10.4. The van der Waals surface area contributed by atoms with Crippen LogP contribution in [0.5, 0.6) is 5.75 Å². The maximum atomic E-state index is 11.5. The zero-order chi connectivity index (χ0) is 21.2. The molecule has 0 saturated carbocycles. The summed E-state index contributed by atoms with van der Waals surface area (Å²) in [5.41, 5.74) is 0.884. The van der Waals surface area contributed by atoms with Gasteiger partial charge in [-0.1, -0.05) is 0 Å². The molecule has 160 valence electrons. The van der Waals surface area contributed by atoms with Crippen molar-refractivity contribution in [3.05, 3.63) is 18.2 Å². The van der Waals surface area contributed by atoms with E-state index in [-0.39, 0.29) is 51.1 Å². The van der Waals surface area contributed by atoms with E-state index in [2.05, 4.69) is 21.3 Å². The minimum absolute atomic E-state index is 0.0270. The summed E-state index contributed by atoms with van der Waals surface area (Å²) in [5, 5.41) is 22.3. The lowest BCUT2D eigenvalue weighted by Crippen LogP contribution is -2.38. The van der Waals surface area contributed by atoms with E-state index >= 15 is 0 Å². The Morgan fingerprint density at radius 3 is 1.90 bits per heavy atom. The van der Waals surface area contributed by atoms with Crippen LogP contribution in [0.1, 0.15) is 12.8 Å². The molecule has 0 aromatic heterocycles. The second-order valence-corrected chi connectivity index (χ2v) is 12.4. The number of hydrogen-bond acceptors (Lipinski definition) is 7. The average Bonchev–Trinajstić information content (AvgIpc) is 3.11. The maximum Gasteiger partial charge on any atom is 0.171 e. The van der Waals surface area contributed by atoms with Crippen LogP contribution in [0.2, 0.25) is 0 Å². The fraction of sp³-hybridized carbons (Fsp3) is 0.500. The minimum atomic E-state index is -3.03. The van der Waals surface area contributed by atoms with E-state index in [0.29, 0.717) is 24.2 Å². The first kappa shape index (κ1) is 22.0. The molecule has 0 amide bonds. The maximum absolute atomic E-state index is 11.5. The van der Waals surface area contributed by atoms with Gasteiger partial charge in [-0.3, -0.25) is 0 Å². The minimum Gasteiger partial charge on any atom is -0.506 e. The lowest BCUT2D eigenvalue weighted by atomic mass is 10.2. The van der Waals surface area contributed by atoms with Gasteiger partial charge in [-0.2, -0.15) is 0 Å². The zero-order valence-corrected chi connectivity index (χ0v) is 18.6. The molecule has 2 aliphatic rings. The third-order valence-corrected chi connectivity index (χ3v) is 8.61. The number of phenolic OH excluding ortho intramolecular Hbond substituents is 1. The van der Waals surface area contributed by atoms with Crippen LogP contribution in [-0.2, 0) is 19.7 Å². The molecule has 0 aliphatic carbocycles. The Balaban J connectivity index is 1.56. The molecule has 1 aromatic rings. The number of rotatable bonds is 4. The van der Waals surface area contributed by atoms with Crippen LogP contribution in [0.25, 0.3) is 0 Å². The molecule has 2 unspecified atom stereocenters. The number of phenols is 1. The largest absolute Gasteiger partial charge is 0.506 e. The van der Waals surface area contributed by atoms with Crippen LogP contribution in [0.15, 0.2) is 18.2 Å². The van der Waals surface area contributed by atoms with Crippen molar-refractivity contribution in [2.24, 2.45) is 0 Å². The van der Waals surface area contributed by atoms with Gasteiger partial charge in [0.15, 0.2) is 29.9 Å². The highest BCUT2D eigenvalue weighted by Crippen LogP contribution is 2.27. The molecule has 0 spiro atoms. The standard InChI is InChI=1S/C16H22N4O5S4/c21-14-2-1-10(17-15(26)18-11-3-5-28(22,23)8-11)7-13(14)20-16(27)19-12-4-6-29(24,25)9-12/h1-2,7,11-12,21H,3-6,8-9H2,(H2,17,18,26)(H2,19,20,27). The normalized spacial score (nSPS) is 24.6. The van der Waals surface area contributed by atoms with Crippen molar-refractivity contribution in [3.63, 3.8) is 0 Å². The van der Waals surface area contributed by atoms with Gasteiger partial charge in [0.05, 0.1) is 28.7 Å². The number of thiocarbonyl (C=S) groups is 2. The summed E-state index contributed by atoms with van der Waals surface area (Å²) in [7, 11) is -6.04. The fourth-order valence-electron chi connectivity index (χ4n) is 3.23. The van der Waals surface area contributed by atoms with E-state index in [1.807, 2.05) is 0 Å². The summed E-state index contributed by atoms with van der Waals surface area (Å²) in [5.74, 6) is 0.310. The fourth-order valence-corrected chi connectivity index (χ4v) is 7.14. The van der Waals surface area contributed by atoms with Crippen LogP contribution >= 0.6 is 24.4 Å². The predicted octanol–water partition coefficient (Wildman–Crippen LogP) is 0.339. The molecule has 3 rings (SSSR count). The van der Waals surface area contributed by atoms with Crippen LogP contribution in [0.3, 0.4) is 0 Å². The van der Waals surface area contributed by atoms with Crippen LogP contribution in [0.4, 0.5) is 11.4 Å². The van der Waals surface area contributed by atoms with E-state index < -0.39 is 19.7 Å². The first-order valence-electron chi connectivity index (χ1n) is 8.90. The molecule has 9 nitrogen and oxygen atoms in total. The molecule has 2 aliphatic heterocycles. The quantitative estimate of drug-likeness (QED) is 0.233. The molecule has 13 heteroatoms. The third-order valence-electron chi connectivity index (χ3n) is 4.64. The lowest BCUT2D eigenvalue weighted by Gasteiger charge is -2.18. The molecular weight excluding hydrogens is 456 g/mol. The SMILES string of the molecule is O=S1(=O)CCC(NC(=S)Nc2ccc(O)c(NC(=S)NC3CCS(=O)(=O)C3)c2)C1. The number of hydrogen-bond donors (Lipinski definition) is 5. The Kier molecular flexibility index (Phi) is 6.51. The topological polar surface area (TPSA) is 137 Å². The number of sulfone groups is 2. The molecule has 1 aromatic carbocycles. The Bertz CT molecular complexity index is 1030. The second-order valence-electron chi connectivity index (χ2n) is 7.13. The summed E-state index contributed by atoms with van der Waals surface area (Å²) in [6, 6.07) is 4.17. The molecule has 29 heavy (non-hydrogen) atoms. The Morgan fingerprint density at radius 1 is 0.897 bits per heavy atom. The monoisotopic (exact) mass is 478 g/mol. The van der Waals surface area contributed by atoms with Gasteiger partial charge < -0.3 is 26.4 Å². The van der Waals surface area contributed by atoms with E-state index in [1.54, 1.807) is 12.1 Å². The van der Waals surface area contributed by atoms with Crippen molar-refractivity contribution in [2.75, 3.05) is 33.6 Å². The van der Waals surface area contributed by atoms with Gasteiger partial charge in [-0.25, -0.2) is 16.8 Å². The van der Waals surface area contributed by atoms with Crippen molar-refractivity contribution in [2.45, 2.75) is 24.9 Å². The Labute approximate surface area is 180 Å². The average molecular weight is 479 g/mol. The first-order chi connectivity index (χ1) is 13.5. The molecular formula is C16H22N4O5S4. The van der Waals surface area contributed by atoms with Crippen molar-refractivity contribution in [3.8, 4) is 5.75 Å². The Hall–Kier alpha value is -1.70. The first-order valence-corrected chi connectivity index (χ1v) is 13.4. The van der Waals surface area contributed by atoms with Gasteiger partial charge in [0.25, 0.3) is 0 Å². The Morgan fingerprint density at radius 2 is 1.41 bits per heavy atom. The number of nitrogens with one attached hydrogen (secondary N) is 4. The molecule has 5 N–H and O–H groups in total. The summed E-state index contributed by atoms with van der Waals surface area (Å²) in [4.78, 5) is 0. The van der Waals surface area contributed by atoms with Crippen LogP contribution < -0.4 is 21.3 Å². The summed E-state index contributed by atoms with van der Waals surface area (Å²) < 4.78 is 46.1. The summed E-state index contributed by atoms with van der Waals surface area (Å²) in [6.45, 7) is 0. The van der Waals surface area contributed by atoms with Crippen molar-refractivity contribution >= 4 is 65.7 Å². The van der Waals surface area contributed by atoms with Crippen LogP contribution in [-0.4, -0.2) is 67.3 Å². The zero-order valence-electron chi connectivity index (χ0n) is 15.3. The van der Waals surface area contributed by atoms with E-state index in [1.165, 1.54) is 6.07 Å². The molecule has 2 saturated heterocycles. The van der Waals surface area contributed by atoms with Crippen molar-refractivity contribution in [1.82, 2.24) is 10.6 Å². The lowest BCUT2D eigenvalue weighted by molar-refractivity contribution is 0.478. The summed E-state index contributed by atoms with van der Waals surface area (Å²) in [6.07, 6.45) is 0.984. The van der Waals surface area contributed by atoms with Gasteiger partial charge in [-0.05, 0) is 55.5 Å². The van der Waals surface area contributed by atoms with E-state index in [4.69, 9.17) is 24.4 Å². The van der Waals surface area contributed by atoms with E-state index in [0.717, 1.165) is 0 Å². The number of aromatic hydroxyl groups is 1. The molecule has 2 atom stereocenters. The molecule has 2 heterocycles. The second kappa shape index (κ2) is 8.58. The van der Waals surface area contributed by atoms with Gasteiger partial charge in [0, 0.05) is 17.8 Å². The van der Waals surface area contributed by atoms with E-state index in [9.17, 15) is 21.9 Å². The van der Waals surface area contributed by atoms with Crippen molar-refractivity contribution < 1.29 is 21.9 Å². The third kappa shape index (κ3) is 6.39. The van der Waals surface area contributed by atoms with Gasteiger partial charge >= 0.3 is 0 Å². The highest BCUT2D eigenvalue weighted by Gasteiger charge is 2.29. The van der Waals surface area contributed by atoms with Gasteiger partial charge in [-0.15, -0.1) is 0 Å². The molecule has 0 radical (unpaired) electrons. The van der Waals surface area contributed by atoms with Gasteiger partial charge in [0.2, 0.25) is 0 Å². The smallest absolute Gasteiger partial charge is 0.171 e.